The summed E-state index contributed by atoms with van der Waals surface area (Å²) in [6, 6.07) is 10.2. The summed E-state index contributed by atoms with van der Waals surface area (Å²) in [5.74, 6) is 0.0241. The Hall–Kier alpha value is -2.14. The van der Waals surface area contributed by atoms with Crippen molar-refractivity contribution < 1.29 is 9.90 Å². The predicted octanol–water partition coefficient (Wildman–Crippen LogP) is 1.92. The van der Waals surface area contributed by atoms with E-state index < -0.39 is 0 Å². The van der Waals surface area contributed by atoms with Crippen LogP contribution in [0.4, 0.5) is 0 Å². The Kier molecular flexibility index (Phi) is 5.72. The average molecular weight is 301 g/mol. The molecule has 0 aliphatic carbocycles. The maximum absolute atomic E-state index is 11.6. The largest absolute Gasteiger partial charge is 0.396 e. The first kappa shape index (κ1) is 16.2. The molecule has 0 saturated carbocycles. The van der Waals surface area contributed by atoms with Gasteiger partial charge in [0.05, 0.1) is 11.4 Å². The van der Waals surface area contributed by atoms with Crippen LogP contribution in [0, 0.1) is 13.8 Å². The van der Waals surface area contributed by atoms with Crippen molar-refractivity contribution in [3.8, 4) is 5.69 Å². The summed E-state index contributed by atoms with van der Waals surface area (Å²) >= 11 is 0. The molecule has 22 heavy (non-hydrogen) atoms. The Morgan fingerprint density at radius 3 is 2.59 bits per heavy atom. The third-order valence-corrected chi connectivity index (χ3v) is 3.49. The highest BCUT2D eigenvalue weighted by molar-refractivity contribution is 5.76. The molecule has 2 N–H and O–H groups in total. The molecule has 0 aliphatic rings. The highest BCUT2D eigenvalue weighted by Gasteiger charge is 2.05. The van der Waals surface area contributed by atoms with Gasteiger partial charge in [-0.15, -0.1) is 0 Å². The Labute approximate surface area is 131 Å². The maximum atomic E-state index is 11.6. The van der Waals surface area contributed by atoms with E-state index in [-0.39, 0.29) is 12.5 Å². The van der Waals surface area contributed by atoms with E-state index in [9.17, 15) is 4.79 Å². The molecular weight excluding hydrogens is 278 g/mol. The zero-order valence-electron chi connectivity index (χ0n) is 13.2. The molecule has 1 aromatic carbocycles. The molecule has 0 radical (unpaired) electrons. The van der Waals surface area contributed by atoms with E-state index in [4.69, 9.17) is 5.11 Å². The van der Waals surface area contributed by atoms with Crippen molar-refractivity contribution >= 4 is 5.91 Å². The van der Waals surface area contributed by atoms with Crippen molar-refractivity contribution in [3.05, 3.63) is 47.3 Å². The summed E-state index contributed by atoms with van der Waals surface area (Å²) in [5, 5.41) is 15.9. The molecular formula is C17H23N3O2. The van der Waals surface area contributed by atoms with Crippen LogP contribution in [0.2, 0.25) is 0 Å². The molecule has 0 unspecified atom stereocenters. The van der Waals surface area contributed by atoms with Crippen LogP contribution in [0.15, 0.2) is 30.3 Å². The summed E-state index contributed by atoms with van der Waals surface area (Å²) < 4.78 is 1.92. The first-order valence-corrected chi connectivity index (χ1v) is 7.60. The Bertz CT molecular complexity index is 617. The lowest BCUT2D eigenvalue weighted by molar-refractivity contribution is -0.121. The van der Waals surface area contributed by atoms with Crippen LogP contribution in [0.3, 0.4) is 0 Å². The van der Waals surface area contributed by atoms with Crippen molar-refractivity contribution in [2.75, 3.05) is 13.2 Å². The van der Waals surface area contributed by atoms with Crippen LogP contribution in [-0.4, -0.2) is 33.9 Å². The lowest BCUT2D eigenvalue weighted by Crippen LogP contribution is -2.25. The van der Waals surface area contributed by atoms with Gasteiger partial charge in [-0.1, -0.05) is 12.1 Å². The first-order valence-electron chi connectivity index (χ1n) is 7.60. The minimum Gasteiger partial charge on any atom is -0.396 e. The lowest BCUT2D eigenvalue weighted by atomic mass is 10.1. The SMILES string of the molecule is Cc1cc(C)n(-c2ccc(CCC(=O)NCCCO)cc2)n1. The van der Waals surface area contributed by atoms with Crippen LogP contribution >= 0.6 is 0 Å². The van der Waals surface area contributed by atoms with E-state index in [1.807, 2.05) is 48.9 Å². The van der Waals surface area contributed by atoms with Gasteiger partial charge in [-0.05, 0) is 50.5 Å². The highest BCUT2D eigenvalue weighted by Crippen LogP contribution is 2.13. The van der Waals surface area contributed by atoms with Gasteiger partial charge in [0.1, 0.15) is 0 Å². The number of benzene rings is 1. The molecule has 1 aromatic heterocycles. The van der Waals surface area contributed by atoms with E-state index in [1.165, 1.54) is 0 Å². The van der Waals surface area contributed by atoms with Gasteiger partial charge < -0.3 is 10.4 Å². The number of aliphatic hydroxyl groups excluding tert-OH is 1. The minimum atomic E-state index is 0.0241. The van der Waals surface area contributed by atoms with Gasteiger partial charge >= 0.3 is 0 Å². The minimum absolute atomic E-state index is 0.0241. The fraction of sp³-hybridized carbons (Fsp3) is 0.412. The van der Waals surface area contributed by atoms with E-state index in [0.29, 0.717) is 25.8 Å². The normalized spacial score (nSPS) is 10.7. The second kappa shape index (κ2) is 7.75. The Morgan fingerprint density at radius 1 is 1.27 bits per heavy atom. The third kappa shape index (κ3) is 4.43. The van der Waals surface area contributed by atoms with Crippen LogP contribution in [0.25, 0.3) is 5.69 Å². The molecule has 1 heterocycles. The third-order valence-electron chi connectivity index (χ3n) is 3.49. The number of hydrogen-bond donors (Lipinski definition) is 2. The highest BCUT2D eigenvalue weighted by atomic mass is 16.3. The van der Waals surface area contributed by atoms with Gasteiger partial charge in [0.2, 0.25) is 5.91 Å². The summed E-state index contributed by atoms with van der Waals surface area (Å²) in [4.78, 5) is 11.6. The molecule has 0 saturated heterocycles. The molecule has 5 nitrogen and oxygen atoms in total. The molecule has 5 heteroatoms. The van der Waals surface area contributed by atoms with E-state index in [2.05, 4.69) is 10.4 Å². The molecule has 1 amide bonds. The summed E-state index contributed by atoms with van der Waals surface area (Å²) in [5.41, 5.74) is 4.26. The topological polar surface area (TPSA) is 67.2 Å². The van der Waals surface area contributed by atoms with Crippen LogP contribution < -0.4 is 5.32 Å². The molecule has 2 aromatic rings. The van der Waals surface area contributed by atoms with Crippen molar-refractivity contribution in [1.82, 2.24) is 15.1 Å². The fourth-order valence-electron chi connectivity index (χ4n) is 2.35. The smallest absolute Gasteiger partial charge is 0.220 e. The van der Waals surface area contributed by atoms with Gasteiger partial charge in [0, 0.05) is 25.3 Å². The Balaban J connectivity index is 1.89. The monoisotopic (exact) mass is 301 g/mol. The Morgan fingerprint density at radius 2 is 2.00 bits per heavy atom. The first-order chi connectivity index (χ1) is 10.6. The molecule has 0 spiro atoms. The number of hydrogen-bond acceptors (Lipinski definition) is 3. The number of aromatic nitrogens is 2. The van der Waals surface area contributed by atoms with Gasteiger partial charge in [-0.25, -0.2) is 4.68 Å². The predicted molar refractivity (Wildman–Crippen MR) is 86.1 cm³/mol. The zero-order valence-corrected chi connectivity index (χ0v) is 13.2. The van der Waals surface area contributed by atoms with E-state index >= 15 is 0 Å². The lowest BCUT2D eigenvalue weighted by Gasteiger charge is -2.07. The van der Waals surface area contributed by atoms with Crippen LogP contribution in [0.1, 0.15) is 29.8 Å². The number of nitrogens with zero attached hydrogens (tertiary/aromatic N) is 2. The number of carbonyl (C=O) groups excluding carboxylic acids is 1. The molecule has 118 valence electrons. The van der Waals surface area contributed by atoms with Crippen LogP contribution in [0.5, 0.6) is 0 Å². The molecule has 0 aliphatic heterocycles. The van der Waals surface area contributed by atoms with Crippen molar-refractivity contribution in [3.63, 3.8) is 0 Å². The summed E-state index contributed by atoms with van der Waals surface area (Å²) in [7, 11) is 0. The number of aryl methyl sites for hydroxylation is 3. The quantitative estimate of drug-likeness (QED) is 0.768. The second-order valence-electron chi connectivity index (χ2n) is 5.43. The molecule has 2 rings (SSSR count). The van der Waals surface area contributed by atoms with Crippen molar-refractivity contribution in [1.29, 1.82) is 0 Å². The number of aliphatic hydroxyl groups is 1. The molecule has 0 atom stereocenters. The second-order valence-corrected chi connectivity index (χ2v) is 5.43. The van der Waals surface area contributed by atoms with Crippen molar-refractivity contribution in [2.24, 2.45) is 0 Å². The molecule has 0 bridgehead atoms. The number of amides is 1. The van der Waals surface area contributed by atoms with Gasteiger partial charge in [-0.2, -0.15) is 5.10 Å². The number of carbonyl (C=O) groups is 1. The van der Waals surface area contributed by atoms with Gasteiger partial charge in [0.25, 0.3) is 0 Å². The zero-order chi connectivity index (χ0) is 15.9. The standard InChI is InChI=1S/C17H23N3O2/c1-13-12-14(2)20(19-13)16-7-4-15(5-8-16)6-9-17(22)18-10-3-11-21/h4-5,7-8,12,21H,3,6,9-11H2,1-2H3,(H,18,22). The fourth-order valence-corrected chi connectivity index (χ4v) is 2.35. The maximum Gasteiger partial charge on any atom is 0.220 e. The van der Waals surface area contributed by atoms with Crippen LogP contribution in [-0.2, 0) is 11.2 Å². The number of rotatable bonds is 7. The van der Waals surface area contributed by atoms with Crippen molar-refractivity contribution in [2.45, 2.75) is 33.1 Å². The average Bonchev–Trinajstić information content (AvgIpc) is 2.85. The van der Waals surface area contributed by atoms with E-state index in [0.717, 1.165) is 22.6 Å². The van der Waals surface area contributed by atoms with Gasteiger partial charge in [-0.3, -0.25) is 4.79 Å². The number of nitrogens with one attached hydrogen (secondary N) is 1. The summed E-state index contributed by atoms with van der Waals surface area (Å²) in [6.45, 7) is 4.65. The summed E-state index contributed by atoms with van der Waals surface area (Å²) in [6.07, 6.45) is 1.77. The van der Waals surface area contributed by atoms with E-state index in [1.54, 1.807) is 0 Å². The van der Waals surface area contributed by atoms with Gasteiger partial charge in [0.15, 0.2) is 0 Å². The molecule has 0 fully saturated rings.